The number of rotatable bonds is 3. The lowest BCUT2D eigenvalue weighted by atomic mass is 10.2. The van der Waals surface area contributed by atoms with Gasteiger partial charge in [0.1, 0.15) is 18.4 Å². The summed E-state index contributed by atoms with van der Waals surface area (Å²) in [4.78, 5) is 33.6. The van der Waals surface area contributed by atoms with Crippen molar-refractivity contribution < 1.29 is 9.59 Å². The Balaban J connectivity index is 1.52. The minimum atomic E-state index is 0.00767. The lowest BCUT2D eigenvalue weighted by Gasteiger charge is -2.36. The van der Waals surface area contributed by atoms with Crippen molar-refractivity contribution in [3.05, 3.63) is 23.9 Å². The fourth-order valence-electron chi connectivity index (χ4n) is 2.63. The first-order chi connectivity index (χ1) is 11.2. The van der Waals surface area contributed by atoms with Crippen molar-refractivity contribution in [1.82, 2.24) is 14.8 Å². The number of anilines is 1. The van der Waals surface area contributed by atoms with E-state index in [9.17, 15) is 9.59 Å². The van der Waals surface area contributed by atoms with Crippen LogP contribution in [0.4, 0.5) is 5.82 Å². The molecule has 0 aromatic carbocycles. The number of carbonyl (C=O) groups excluding carboxylic acids is 2. The molecule has 8 heteroatoms. The molecule has 2 amide bonds. The second-order valence-electron chi connectivity index (χ2n) is 5.45. The lowest BCUT2D eigenvalue weighted by Crippen LogP contribution is -2.51. The Morgan fingerprint density at radius 3 is 2.65 bits per heavy atom. The van der Waals surface area contributed by atoms with E-state index in [0.717, 1.165) is 5.82 Å². The van der Waals surface area contributed by atoms with E-state index in [2.05, 4.69) is 9.88 Å². The van der Waals surface area contributed by atoms with Crippen LogP contribution in [0.3, 0.4) is 0 Å². The molecule has 1 aromatic rings. The van der Waals surface area contributed by atoms with Crippen LogP contribution in [0.2, 0.25) is 0 Å². The van der Waals surface area contributed by atoms with Crippen LogP contribution in [0.1, 0.15) is 5.56 Å². The first-order valence-electron chi connectivity index (χ1n) is 7.42. The van der Waals surface area contributed by atoms with Crippen LogP contribution in [-0.4, -0.2) is 71.0 Å². The Kier molecular flexibility index (Phi) is 4.67. The molecule has 0 radical (unpaired) electrons. The first-order valence-corrected chi connectivity index (χ1v) is 8.57. The molecule has 7 nitrogen and oxygen atoms in total. The van der Waals surface area contributed by atoms with Crippen LogP contribution in [0.5, 0.6) is 0 Å². The van der Waals surface area contributed by atoms with Gasteiger partial charge in [0.25, 0.3) is 0 Å². The first kappa shape index (κ1) is 15.6. The van der Waals surface area contributed by atoms with Gasteiger partial charge in [-0.05, 0) is 12.1 Å². The third-order valence-electron chi connectivity index (χ3n) is 3.98. The van der Waals surface area contributed by atoms with Crippen molar-refractivity contribution >= 4 is 29.4 Å². The second-order valence-corrected chi connectivity index (χ2v) is 6.41. The molecular formula is C15H17N5O2S. The molecule has 0 N–H and O–H groups in total. The highest BCUT2D eigenvalue weighted by Crippen LogP contribution is 2.16. The minimum Gasteiger partial charge on any atom is -0.353 e. The van der Waals surface area contributed by atoms with E-state index in [0.29, 0.717) is 43.4 Å². The van der Waals surface area contributed by atoms with E-state index >= 15 is 0 Å². The molecule has 2 aliphatic rings. The molecule has 3 heterocycles. The molecule has 0 unspecified atom stereocenters. The molecule has 0 atom stereocenters. The summed E-state index contributed by atoms with van der Waals surface area (Å²) in [6.07, 6.45) is 1.56. The average molecular weight is 331 g/mol. The van der Waals surface area contributed by atoms with Gasteiger partial charge in [0.15, 0.2) is 0 Å². The number of aromatic nitrogens is 1. The second kappa shape index (κ2) is 6.87. The van der Waals surface area contributed by atoms with E-state index < -0.39 is 0 Å². The highest BCUT2D eigenvalue weighted by atomic mass is 32.2. The Morgan fingerprint density at radius 2 is 2.09 bits per heavy atom. The molecular weight excluding hydrogens is 314 g/mol. The van der Waals surface area contributed by atoms with Crippen molar-refractivity contribution in [2.75, 3.05) is 49.3 Å². The van der Waals surface area contributed by atoms with E-state index in [1.165, 1.54) is 0 Å². The maximum absolute atomic E-state index is 12.3. The normalized spacial score (nSPS) is 18.2. The van der Waals surface area contributed by atoms with Crippen molar-refractivity contribution in [2.24, 2.45) is 0 Å². The highest BCUT2D eigenvalue weighted by Gasteiger charge is 2.27. The van der Waals surface area contributed by atoms with Crippen LogP contribution in [0.25, 0.3) is 0 Å². The summed E-state index contributed by atoms with van der Waals surface area (Å²) in [6, 6.07) is 5.63. The van der Waals surface area contributed by atoms with Crippen molar-refractivity contribution in [1.29, 1.82) is 5.26 Å². The number of carbonyl (C=O) groups is 2. The molecule has 2 aliphatic heterocycles. The lowest BCUT2D eigenvalue weighted by molar-refractivity contribution is -0.138. The number of hydrogen-bond donors (Lipinski definition) is 0. The predicted molar refractivity (Wildman–Crippen MR) is 86.8 cm³/mol. The zero-order valence-corrected chi connectivity index (χ0v) is 13.5. The summed E-state index contributed by atoms with van der Waals surface area (Å²) in [5.74, 6) is 1.96. The van der Waals surface area contributed by atoms with E-state index in [1.54, 1.807) is 33.8 Å². The molecule has 3 rings (SSSR count). The molecule has 23 heavy (non-hydrogen) atoms. The molecule has 0 bridgehead atoms. The Hall–Kier alpha value is -2.27. The summed E-state index contributed by atoms with van der Waals surface area (Å²) in [7, 11) is 0. The van der Waals surface area contributed by atoms with Gasteiger partial charge >= 0.3 is 0 Å². The molecule has 1 aromatic heterocycles. The van der Waals surface area contributed by atoms with Crippen LogP contribution in [-0.2, 0) is 9.59 Å². The third kappa shape index (κ3) is 3.56. The maximum atomic E-state index is 12.3. The molecule has 0 aliphatic carbocycles. The fraction of sp³-hybridized carbons (Fsp3) is 0.467. The number of amides is 2. The molecule has 0 spiro atoms. The number of hydrogen-bond acceptors (Lipinski definition) is 6. The number of piperazine rings is 1. The van der Waals surface area contributed by atoms with Crippen molar-refractivity contribution in [2.45, 2.75) is 0 Å². The zero-order chi connectivity index (χ0) is 16.2. The Bertz CT molecular complexity index is 634. The van der Waals surface area contributed by atoms with E-state index in [-0.39, 0.29) is 18.4 Å². The van der Waals surface area contributed by atoms with Crippen LogP contribution >= 0.6 is 11.8 Å². The number of nitrogens with zero attached hydrogens (tertiary/aromatic N) is 5. The van der Waals surface area contributed by atoms with Crippen molar-refractivity contribution in [3.63, 3.8) is 0 Å². The Labute approximate surface area is 138 Å². The fourth-order valence-corrected chi connectivity index (χ4v) is 3.53. The van der Waals surface area contributed by atoms with Gasteiger partial charge in [-0.3, -0.25) is 9.59 Å². The summed E-state index contributed by atoms with van der Waals surface area (Å²) in [5, 5.41) is 8.79. The number of thioether (sulfide) groups is 1. The van der Waals surface area contributed by atoms with Gasteiger partial charge < -0.3 is 14.7 Å². The topological polar surface area (TPSA) is 80.5 Å². The van der Waals surface area contributed by atoms with Gasteiger partial charge in [-0.25, -0.2) is 4.98 Å². The number of nitriles is 1. The van der Waals surface area contributed by atoms with Gasteiger partial charge in [-0.15, -0.1) is 11.8 Å². The summed E-state index contributed by atoms with van der Waals surface area (Å²) < 4.78 is 0. The quantitative estimate of drug-likeness (QED) is 0.783. The summed E-state index contributed by atoms with van der Waals surface area (Å²) in [5.41, 5.74) is 0.538. The summed E-state index contributed by atoms with van der Waals surface area (Å²) in [6.45, 7) is 2.83. The maximum Gasteiger partial charge on any atom is 0.242 e. The van der Waals surface area contributed by atoms with Crippen LogP contribution < -0.4 is 4.90 Å². The predicted octanol–water partition coefficient (Wildman–Crippen LogP) is 0.135. The molecule has 2 saturated heterocycles. The van der Waals surface area contributed by atoms with E-state index in [1.807, 2.05) is 12.1 Å². The highest BCUT2D eigenvalue weighted by molar-refractivity contribution is 8.00. The van der Waals surface area contributed by atoms with E-state index in [4.69, 9.17) is 5.26 Å². The van der Waals surface area contributed by atoms with Gasteiger partial charge in [0.05, 0.1) is 17.2 Å². The Morgan fingerprint density at radius 1 is 1.30 bits per heavy atom. The molecule has 120 valence electrons. The third-order valence-corrected chi connectivity index (χ3v) is 4.93. The van der Waals surface area contributed by atoms with Crippen LogP contribution in [0, 0.1) is 11.3 Å². The number of pyridine rings is 1. The van der Waals surface area contributed by atoms with Gasteiger partial charge in [0.2, 0.25) is 11.8 Å². The average Bonchev–Trinajstić information content (AvgIpc) is 3.00. The zero-order valence-electron chi connectivity index (χ0n) is 12.6. The standard InChI is InChI=1S/C15H17N5O2S/c16-7-12-1-2-13(17-8-12)18-3-5-19(6-4-18)14(21)9-20-11-23-10-15(20)22/h1-2,8H,3-6,9-11H2. The molecule has 2 fully saturated rings. The monoisotopic (exact) mass is 331 g/mol. The smallest absolute Gasteiger partial charge is 0.242 e. The largest absolute Gasteiger partial charge is 0.353 e. The summed E-state index contributed by atoms with van der Waals surface area (Å²) >= 11 is 1.55. The van der Waals surface area contributed by atoms with Crippen LogP contribution in [0.15, 0.2) is 18.3 Å². The minimum absolute atomic E-state index is 0.00767. The van der Waals surface area contributed by atoms with Gasteiger partial charge in [0, 0.05) is 32.4 Å². The van der Waals surface area contributed by atoms with Gasteiger partial charge in [-0.1, -0.05) is 0 Å². The van der Waals surface area contributed by atoms with Crippen molar-refractivity contribution in [3.8, 4) is 6.07 Å². The SMILES string of the molecule is N#Cc1ccc(N2CCN(C(=O)CN3CSCC3=O)CC2)nc1. The van der Waals surface area contributed by atoms with Gasteiger partial charge in [-0.2, -0.15) is 5.26 Å². The molecule has 0 saturated carbocycles.